The van der Waals surface area contributed by atoms with Crippen LogP contribution in [0.4, 0.5) is 0 Å². The molecule has 0 fully saturated rings. The second-order valence-electron chi connectivity index (χ2n) is 5.72. The van der Waals surface area contributed by atoms with Gasteiger partial charge in [-0.15, -0.1) is 0 Å². The maximum Gasteiger partial charge on any atom is 0.196 e. The molecule has 5 nitrogen and oxygen atoms in total. The molecule has 2 heterocycles. The smallest absolute Gasteiger partial charge is 0.196 e. The Morgan fingerprint density at radius 2 is 2.05 bits per heavy atom. The number of fused-ring (bicyclic) bond motifs is 2. The third-order valence-electron chi connectivity index (χ3n) is 3.75. The van der Waals surface area contributed by atoms with E-state index in [4.69, 9.17) is 9.15 Å². The van der Waals surface area contributed by atoms with Crippen molar-refractivity contribution in [2.45, 2.75) is 38.9 Å². The molecule has 1 aromatic heterocycles. The summed E-state index contributed by atoms with van der Waals surface area (Å²) in [5.41, 5.74) is -0.320. The van der Waals surface area contributed by atoms with Gasteiger partial charge in [-0.05, 0) is 20.8 Å². The molecule has 5 heteroatoms. The van der Waals surface area contributed by atoms with Gasteiger partial charge < -0.3 is 19.4 Å². The first-order valence-corrected chi connectivity index (χ1v) is 6.46. The van der Waals surface area contributed by atoms with Crippen LogP contribution >= 0.6 is 0 Å². The Kier molecular flexibility index (Phi) is 2.59. The van der Waals surface area contributed by atoms with E-state index >= 15 is 0 Å². The van der Waals surface area contributed by atoms with Gasteiger partial charge in [0, 0.05) is 24.1 Å². The normalized spacial score (nSPS) is 20.5. The van der Waals surface area contributed by atoms with Crippen LogP contribution < -0.4 is 10.2 Å². The molecule has 1 aliphatic rings. The molecule has 0 radical (unpaired) electrons. The summed E-state index contributed by atoms with van der Waals surface area (Å²) in [7, 11) is 0. The first-order chi connectivity index (χ1) is 9.29. The maximum atomic E-state index is 12.0. The molecule has 1 aromatic carbocycles. The zero-order valence-corrected chi connectivity index (χ0v) is 11.6. The maximum absolute atomic E-state index is 12.0. The molecule has 1 aliphatic heterocycles. The van der Waals surface area contributed by atoms with Crippen molar-refractivity contribution < 1.29 is 19.4 Å². The van der Waals surface area contributed by atoms with Crippen molar-refractivity contribution in [1.82, 2.24) is 0 Å². The van der Waals surface area contributed by atoms with E-state index in [1.807, 2.05) is 0 Å². The lowest BCUT2D eigenvalue weighted by atomic mass is 9.90. The third-order valence-corrected chi connectivity index (χ3v) is 3.75. The number of aliphatic hydroxyl groups is 1. The van der Waals surface area contributed by atoms with Crippen LogP contribution in [-0.2, 0) is 6.42 Å². The molecule has 2 aromatic rings. The summed E-state index contributed by atoms with van der Waals surface area (Å²) in [6.07, 6.45) is -0.520. The number of ether oxygens (including phenoxy) is 1. The van der Waals surface area contributed by atoms with Gasteiger partial charge in [0.2, 0.25) is 0 Å². The van der Waals surface area contributed by atoms with Crippen LogP contribution in [0.5, 0.6) is 11.5 Å². The van der Waals surface area contributed by atoms with Crippen molar-refractivity contribution in [3.05, 3.63) is 33.7 Å². The van der Waals surface area contributed by atoms with E-state index in [1.54, 1.807) is 26.8 Å². The van der Waals surface area contributed by atoms with Crippen molar-refractivity contribution in [3.8, 4) is 11.5 Å². The standard InChI is InChI=1S/C15H16O5/c1-7-4-9(16)13-11(19-7)6-10-8(14(13)18)5-12(17)15(2,3)20-10/h4,6,12,17-18H,5H2,1-3H3/t12-/m1/s1. The van der Waals surface area contributed by atoms with E-state index in [-0.39, 0.29) is 23.0 Å². The van der Waals surface area contributed by atoms with Gasteiger partial charge in [0.05, 0.1) is 6.10 Å². The second-order valence-corrected chi connectivity index (χ2v) is 5.72. The summed E-state index contributed by atoms with van der Waals surface area (Å²) in [6.45, 7) is 5.22. The molecule has 0 saturated carbocycles. The summed E-state index contributed by atoms with van der Waals surface area (Å²) in [5, 5.41) is 20.5. The zero-order chi connectivity index (χ0) is 14.7. The molecular formula is C15H16O5. The minimum Gasteiger partial charge on any atom is -0.507 e. The SMILES string of the molecule is Cc1cc(=O)c2c(O)c3c(cc2o1)OC(C)(C)[C@H](O)C3. The Bertz CT molecular complexity index is 757. The Balaban J connectivity index is 2.34. The molecule has 2 N–H and O–H groups in total. The molecule has 0 spiro atoms. The van der Waals surface area contributed by atoms with E-state index in [1.165, 1.54) is 6.07 Å². The van der Waals surface area contributed by atoms with E-state index in [2.05, 4.69) is 0 Å². The predicted octanol–water partition coefficient (Wildman–Crippen LogP) is 1.88. The largest absolute Gasteiger partial charge is 0.507 e. The summed E-state index contributed by atoms with van der Waals surface area (Å²) in [6, 6.07) is 2.94. The second kappa shape index (κ2) is 3.99. The van der Waals surface area contributed by atoms with E-state index in [0.29, 0.717) is 22.7 Å². The summed E-state index contributed by atoms with van der Waals surface area (Å²) < 4.78 is 11.2. The lowest BCUT2D eigenvalue weighted by molar-refractivity contribution is -0.0415. The Hall–Kier alpha value is -2.01. The molecule has 20 heavy (non-hydrogen) atoms. The van der Waals surface area contributed by atoms with Crippen LogP contribution in [0, 0.1) is 6.92 Å². The fourth-order valence-electron chi connectivity index (χ4n) is 2.52. The van der Waals surface area contributed by atoms with Crippen molar-refractivity contribution >= 4 is 11.0 Å². The fourth-order valence-corrected chi connectivity index (χ4v) is 2.52. The van der Waals surface area contributed by atoms with Crippen molar-refractivity contribution in [2.24, 2.45) is 0 Å². The molecule has 106 valence electrons. The number of phenols is 1. The highest BCUT2D eigenvalue weighted by Gasteiger charge is 2.37. The quantitative estimate of drug-likeness (QED) is 0.768. The van der Waals surface area contributed by atoms with E-state index in [9.17, 15) is 15.0 Å². The monoisotopic (exact) mass is 276 g/mol. The minimum atomic E-state index is -0.754. The Labute approximate surface area is 115 Å². The highest BCUT2D eigenvalue weighted by molar-refractivity contribution is 5.87. The molecule has 0 amide bonds. The van der Waals surface area contributed by atoms with Crippen molar-refractivity contribution in [1.29, 1.82) is 0 Å². The molecule has 0 bridgehead atoms. The van der Waals surface area contributed by atoms with Crippen molar-refractivity contribution in [3.63, 3.8) is 0 Å². The Morgan fingerprint density at radius 1 is 1.35 bits per heavy atom. The topological polar surface area (TPSA) is 79.9 Å². The summed E-state index contributed by atoms with van der Waals surface area (Å²) in [4.78, 5) is 12.0. The van der Waals surface area contributed by atoms with Gasteiger partial charge in [0.15, 0.2) is 5.43 Å². The average Bonchev–Trinajstić information content (AvgIpc) is 2.30. The van der Waals surface area contributed by atoms with Gasteiger partial charge in [0.25, 0.3) is 0 Å². The molecule has 0 saturated heterocycles. The van der Waals surface area contributed by atoms with Gasteiger partial charge in [-0.25, -0.2) is 0 Å². The van der Waals surface area contributed by atoms with Crippen LogP contribution in [0.15, 0.2) is 21.3 Å². The number of aliphatic hydroxyl groups excluding tert-OH is 1. The molecule has 3 rings (SSSR count). The van der Waals surface area contributed by atoms with Gasteiger partial charge in [-0.3, -0.25) is 4.79 Å². The number of aryl methyl sites for hydroxylation is 1. The lowest BCUT2D eigenvalue weighted by Gasteiger charge is -2.37. The number of hydrogen-bond acceptors (Lipinski definition) is 5. The zero-order valence-electron chi connectivity index (χ0n) is 11.6. The summed E-state index contributed by atoms with van der Waals surface area (Å²) >= 11 is 0. The molecule has 0 aliphatic carbocycles. The van der Waals surface area contributed by atoms with Crippen LogP contribution in [-0.4, -0.2) is 21.9 Å². The summed E-state index contributed by atoms with van der Waals surface area (Å²) in [5.74, 6) is 0.747. The van der Waals surface area contributed by atoms with Crippen LogP contribution in [0.25, 0.3) is 11.0 Å². The number of rotatable bonds is 0. The van der Waals surface area contributed by atoms with Crippen molar-refractivity contribution in [2.75, 3.05) is 0 Å². The number of benzene rings is 1. The van der Waals surface area contributed by atoms with Gasteiger partial charge >= 0.3 is 0 Å². The minimum absolute atomic E-state index is 0.129. The van der Waals surface area contributed by atoms with Gasteiger partial charge in [-0.1, -0.05) is 0 Å². The molecule has 0 unspecified atom stereocenters. The van der Waals surface area contributed by atoms with Crippen LogP contribution in [0.3, 0.4) is 0 Å². The number of phenolic OH excluding ortho intramolecular Hbond substituents is 1. The number of aromatic hydroxyl groups is 1. The highest BCUT2D eigenvalue weighted by atomic mass is 16.5. The first-order valence-electron chi connectivity index (χ1n) is 6.46. The lowest BCUT2D eigenvalue weighted by Crippen LogP contribution is -2.46. The van der Waals surface area contributed by atoms with E-state index in [0.717, 1.165) is 0 Å². The first kappa shape index (κ1) is 13.0. The van der Waals surface area contributed by atoms with Crippen LogP contribution in [0.1, 0.15) is 25.2 Å². The Morgan fingerprint density at radius 3 is 2.75 bits per heavy atom. The van der Waals surface area contributed by atoms with E-state index < -0.39 is 11.7 Å². The number of hydrogen-bond donors (Lipinski definition) is 2. The molecule has 1 atom stereocenters. The van der Waals surface area contributed by atoms with Gasteiger partial charge in [-0.2, -0.15) is 0 Å². The third kappa shape index (κ3) is 1.78. The van der Waals surface area contributed by atoms with Crippen LogP contribution in [0.2, 0.25) is 0 Å². The fraction of sp³-hybridized carbons (Fsp3) is 0.400. The average molecular weight is 276 g/mol. The molecular weight excluding hydrogens is 260 g/mol. The predicted molar refractivity (Wildman–Crippen MR) is 73.3 cm³/mol. The van der Waals surface area contributed by atoms with Gasteiger partial charge in [0.1, 0.15) is 33.8 Å². The highest BCUT2D eigenvalue weighted by Crippen LogP contribution is 2.41.